The molecule has 2 aromatic heterocycles. The smallest absolute Gasteiger partial charge is 0.182 e. The molecular weight excluding hydrogens is 286 g/mol. The molecule has 0 spiro atoms. The number of anilines is 2. The van der Waals surface area contributed by atoms with Crippen LogP contribution in [0, 0.1) is 0 Å². The van der Waals surface area contributed by atoms with Gasteiger partial charge in [-0.15, -0.1) is 0 Å². The van der Waals surface area contributed by atoms with Gasteiger partial charge in [0.25, 0.3) is 0 Å². The minimum atomic E-state index is -3.37. The number of nitrogens with zero attached hydrogens (tertiary/aromatic N) is 3. The van der Waals surface area contributed by atoms with Crippen molar-refractivity contribution in [3.05, 3.63) is 18.0 Å². The van der Waals surface area contributed by atoms with E-state index in [4.69, 9.17) is 5.73 Å². The van der Waals surface area contributed by atoms with E-state index in [1.807, 2.05) is 13.1 Å². The molecule has 0 aliphatic carbocycles. The Morgan fingerprint density at radius 1 is 1.53 bits per heavy atom. The zero-order valence-corrected chi connectivity index (χ0v) is 12.3. The van der Waals surface area contributed by atoms with Crippen molar-refractivity contribution in [1.82, 2.24) is 14.2 Å². The maximum absolute atomic E-state index is 11.6. The number of rotatable bonds is 5. The first-order chi connectivity index (χ1) is 8.89. The lowest BCUT2D eigenvalue weighted by atomic mass is 10.3. The zero-order valence-electron chi connectivity index (χ0n) is 10.6. The third-order valence-corrected chi connectivity index (χ3v) is 4.74. The molecule has 2 aromatic rings. The van der Waals surface area contributed by atoms with E-state index in [9.17, 15) is 8.42 Å². The number of aryl methyl sites for hydroxylation is 1. The van der Waals surface area contributed by atoms with E-state index in [0.29, 0.717) is 11.5 Å². The molecular formula is C10H15N5O2S2. The maximum atomic E-state index is 11.6. The lowest BCUT2D eigenvalue weighted by Crippen LogP contribution is -2.10. The molecule has 104 valence electrons. The molecule has 3 N–H and O–H groups in total. The number of hydrogen-bond donors (Lipinski definition) is 2. The van der Waals surface area contributed by atoms with Crippen molar-refractivity contribution >= 4 is 32.2 Å². The van der Waals surface area contributed by atoms with Crippen LogP contribution in [0.15, 0.2) is 17.2 Å². The Kier molecular flexibility index (Phi) is 3.76. The fraction of sp³-hybridized carbons (Fsp3) is 0.400. The molecule has 19 heavy (non-hydrogen) atoms. The first kappa shape index (κ1) is 13.8. The number of nitrogens with two attached hydrogens (primary N) is 1. The summed E-state index contributed by atoms with van der Waals surface area (Å²) in [5.74, 6) is 0.0514. The van der Waals surface area contributed by atoms with Crippen LogP contribution in [-0.2, 0) is 23.3 Å². The van der Waals surface area contributed by atoms with E-state index in [1.54, 1.807) is 10.9 Å². The molecule has 0 fully saturated rings. The van der Waals surface area contributed by atoms with E-state index in [0.717, 1.165) is 29.9 Å². The van der Waals surface area contributed by atoms with E-state index in [2.05, 4.69) is 14.8 Å². The second kappa shape index (κ2) is 5.17. The van der Waals surface area contributed by atoms with Crippen LogP contribution in [0.25, 0.3) is 0 Å². The molecule has 0 bridgehead atoms. The molecule has 2 rings (SSSR count). The van der Waals surface area contributed by atoms with Crippen molar-refractivity contribution in [2.75, 3.05) is 23.9 Å². The summed E-state index contributed by atoms with van der Waals surface area (Å²) in [6.07, 6.45) is 3.58. The van der Waals surface area contributed by atoms with Gasteiger partial charge < -0.3 is 11.1 Å². The molecule has 2 heterocycles. The van der Waals surface area contributed by atoms with Crippen molar-refractivity contribution in [3.63, 3.8) is 0 Å². The highest BCUT2D eigenvalue weighted by atomic mass is 32.2. The Labute approximate surface area is 115 Å². The van der Waals surface area contributed by atoms with Crippen LogP contribution in [0.2, 0.25) is 0 Å². The molecule has 7 nitrogen and oxygen atoms in total. The van der Waals surface area contributed by atoms with E-state index < -0.39 is 9.84 Å². The molecule has 0 aliphatic heterocycles. The first-order valence-electron chi connectivity index (χ1n) is 5.55. The topological polar surface area (TPSA) is 103 Å². The molecule has 0 radical (unpaired) electrons. The van der Waals surface area contributed by atoms with Gasteiger partial charge in [-0.3, -0.25) is 4.68 Å². The number of nitrogen functional groups attached to an aromatic ring is 1. The van der Waals surface area contributed by atoms with Crippen molar-refractivity contribution in [2.45, 2.75) is 11.3 Å². The van der Waals surface area contributed by atoms with Gasteiger partial charge >= 0.3 is 0 Å². The zero-order chi connectivity index (χ0) is 14.0. The largest absolute Gasteiger partial charge is 0.382 e. The average Bonchev–Trinajstić information content (AvgIpc) is 2.85. The van der Waals surface area contributed by atoms with Gasteiger partial charge in [0.05, 0.1) is 0 Å². The fourth-order valence-electron chi connectivity index (χ4n) is 1.72. The van der Waals surface area contributed by atoms with Crippen LogP contribution in [0.5, 0.6) is 0 Å². The van der Waals surface area contributed by atoms with E-state index in [-0.39, 0.29) is 10.7 Å². The van der Waals surface area contributed by atoms with Gasteiger partial charge in [-0.2, -0.15) is 9.47 Å². The second-order valence-corrected chi connectivity index (χ2v) is 6.85. The standard InChI is InChI=1S/C10H15N5O2S2/c1-15-7(4-6-13-15)3-5-12-10-8(19(2,16)17)9(11)14-18-10/h4,6,12H,3,5H2,1-2H3,(H2,11,14). The molecule has 0 saturated carbocycles. The quantitative estimate of drug-likeness (QED) is 0.834. The maximum Gasteiger partial charge on any atom is 0.182 e. The van der Waals surface area contributed by atoms with Crippen molar-refractivity contribution in [3.8, 4) is 0 Å². The third-order valence-electron chi connectivity index (χ3n) is 2.63. The van der Waals surface area contributed by atoms with E-state index >= 15 is 0 Å². The van der Waals surface area contributed by atoms with Gasteiger partial charge in [-0.25, -0.2) is 8.42 Å². The molecule has 0 atom stereocenters. The first-order valence-corrected chi connectivity index (χ1v) is 8.22. The summed E-state index contributed by atoms with van der Waals surface area (Å²) in [7, 11) is -1.51. The molecule has 9 heteroatoms. The molecule has 0 aliphatic rings. The van der Waals surface area contributed by atoms with Crippen LogP contribution in [0.3, 0.4) is 0 Å². The van der Waals surface area contributed by atoms with E-state index in [1.165, 1.54) is 0 Å². The van der Waals surface area contributed by atoms with Crippen molar-refractivity contribution < 1.29 is 8.42 Å². The predicted molar refractivity (Wildman–Crippen MR) is 75.0 cm³/mol. The predicted octanol–water partition coefficient (Wildman–Crippen LogP) is 0.517. The van der Waals surface area contributed by atoms with Gasteiger partial charge in [-0.05, 0) is 17.6 Å². The molecule has 0 aromatic carbocycles. The lowest BCUT2D eigenvalue weighted by Gasteiger charge is -2.06. The van der Waals surface area contributed by atoms with Gasteiger partial charge in [0.15, 0.2) is 15.7 Å². The van der Waals surface area contributed by atoms with Gasteiger partial charge in [-0.1, -0.05) is 0 Å². The van der Waals surface area contributed by atoms with Crippen LogP contribution in [0.1, 0.15) is 5.69 Å². The number of nitrogens with one attached hydrogen (secondary N) is 1. The summed E-state index contributed by atoms with van der Waals surface area (Å²) in [6.45, 7) is 0.587. The SMILES string of the molecule is Cn1nccc1CCNc1snc(N)c1S(C)(=O)=O. The van der Waals surface area contributed by atoms with Crippen LogP contribution in [0.4, 0.5) is 10.8 Å². The highest BCUT2D eigenvalue weighted by Crippen LogP contribution is 2.31. The van der Waals surface area contributed by atoms with Gasteiger partial charge in [0.1, 0.15) is 9.90 Å². The van der Waals surface area contributed by atoms with Crippen LogP contribution in [-0.4, -0.2) is 35.4 Å². The Balaban J connectivity index is 2.07. The summed E-state index contributed by atoms with van der Waals surface area (Å²) in [4.78, 5) is 0.0857. The summed E-state index contributed by atoms with van der Waals surface area (Å²) in [6, 6.07) is 1.92. The van der Waals surface area contributed by atoms with Crippen molar-refractivity contribution in [2.24, 2.45) is 7.05 Å². The fourth-order valence-corrected chi connectivity index (χ4v) is 3.81. The van der Waals surface area contributed by atoms with Crippen molar-refractivity contribution in [1.29, 1.82) is 0 Å². The van der Waals surface area contributed by atoms with Crippen LogP contribution >= 0.6 is 11.5 Å². The summed E-state index contributed by atoms with van der Waals surface area (Å²) in [5.41, 5.74) is 6.64. The third kappa shape index (κ3) is 3.04. The Morgan fingerprint density at radius 3 is 2.84 bits per heavy atom. The summed E-state index contributed by atoms with van der Waals surface area (Å²) >= 11 is 1.06. The minimum absolute atomic E-state index is 0.0514. The highest BCUT2D eigenvalue weighted by Gasteiger charge is 2.20. The minimum Gasteiger partial charge on any atom is -0.382 e. The number of sulfone groups is 1. The van der Waals surface area contributed by atoms with Crippen LogP contribution < -0.4 is 11.1 Å². The number of aromatic nitrogens is 3. The Bertz CT molecular complexity index is 674. The highest BCUT2D eigenvalue weighted by molar-refractivity contribution is 7.91. The average molecular weight is 301 g/mol. The Hall–Kier alpha value is -1.61. The molecule has 0 amide bonds. The van der Waals surface area contributed by atoms with Gasteiger partial charge in [0.2, 0.25) is 0 Å². The molecule has 0 unspecified atom stereocenters. The number of hydrogen-bond acceptors (Lipinski definition) is 7. The van der Waals surface area contributed by atoms with Gasteiger partial charge in [0, 0.05) is 38.2 Å². The summed E-state index contributed by atoms with van der Waals surface area (Å²) < 4.78 is 28.9. The lowest BCUT2D eigenvalue weighted by molar-refractivity contribution is 0.602. The molecule has 0 saturated heterocycles. The second-order valence-electron chi connectivity index (χ2n) is 4.12. The monoisotopic (exact) mass is 301 g/mol. The Morgan fingerprint density at radius 2 is 2.26 bits per heavy atom. The normalized spacial score (nSPS) is 11.7. The summed E-state index contributed by atoms with van der Waals surface area (Å²) in [5, 5.41) is 7.62.